The molecule has 0 spiro atoms. The number of hydrogen-bond donors (Lipinski definition) is 0. The van der Waals surface area contributed by atoms with Gasteiger partial charge in [-0.3, -0.25) is 0 Å². The number of allylic oxidation sites excluding steroid dienone is 6. The van der Waals surface area contributed by atoms with E-state index in [1.807, 2.05) is 0 Å². The summed E-state index contributed by atoms with van der Waals surface area (Å²) >= 11 is 0. The third-order valence-electron chi connectivity index (χ3n) is 4.34. The third kappa shape index (κ3) is 6.41. The zero-order valence-corrected chi connectivity index (χ0v) is 14.5. The van der Waals surface area contributed by atoms with E-state index in [4.69, 9.17) is 0 Å². The summed E-state index contributed by atoms with van der Waals surface area (Å²) in [6.07, 6.45) is 12.3. The van der Waals surface area contributed by atoms with Gasteiger partial charge in [0.05, 0.1) is 0 Å². The summed E-state index contributed by atoms with van der Waals surface area (Å²) in [4.78, 5) is 0. The highest BCUT2D eigenvalue weighted by Crippen LogP contribution is 2.41. The lowest BCUT2D eigenvalue weighted by Gasteiger charge is -2.38. The lowest BCUT2D eigenvalue weighted by atomic mass is 9.67. The van der Waals surface area contributed by atoms with Gasteiger partial charge in [-0.05, 0) is 64.2 Å². The van der Waals surface area contributed by atoms with Crippen molar-refractivity contribution in [2.45, 2.75) is 60.8 Å². The van der Waals surface area contributed by atoms with Crippen LogP contribution in [-0.2, 0) is 0 Å². The molecule has 114 valence electrons. The Hall–Kier alpha value is -1.04. The van der Waals surface area contributed by atoms with Gasteiger partial charge >= 0.3 is 0 Å². The molecule has 0 bridgehead atoms. The molecule has 0 saturated heterocycles. The smallest absolute Gasteiger partial charge is 0.0110 e. The van der Waals surface area contributed by atoms with E-state index in [9.17, 15) is 0 Å². The van der Waals surface area contributed by atoms with Crippen molar-refractivity contribution < 1.29 is 0 Å². The topological polar surface area (TPSA) is 0 Å². The first-order valence-corrected chi connectivity index (χ1v) is 7.79. The minimum Gasteiger partial charge on any atom is -0.103 e. The maximum atomic E-state index is 4.12. The molecular weight excluding hydrogens is 240 g/mol. The van der Waals surface area contributed by atoms with Gasteiger partial charge in [0, 0.05) is 0 Å². The van der Waals surface area contributed by atoms with E-state index in [2.05, 4.69) is 79.0 Å². The molecule has 0 nitrogen and oxygen atoms in total. The van der Waals surface area contributed by atoms with Gasteiger partial charge < -0.3 is 0 Å². The van der Waals surface area contributed by atoms with Gasteiger partial charge in [0.15, 0.2) is 0 Å². The molecule has 0 heterocycles. The van der Waals surface area contributed by atoms with Crippen LogP contribution in [0, 0.1) is 17.3 Å². The van der Waals surface area contributed by atoms with Crippen molar-refractivity contribution in [3.8, 4) is 0 Å². The fourth-order valence-corrected chi connectivity index (χ4v) is 2.72. The molecule has 0 N–H and O–H groups in total. The monoisotopic (exact) mass is 274 g/mol. The quantitative estimate of drug-likeness (QED) is 0.409. The van der Waals surface area contributed by atoms with Crippen LogP contribution < -0.4 is 0 Å². The Kier molecular flexibility index (Phi) is 8.53. The third-order valence-corrected chi connectivity index (χ3v) is 4.34. The van der Waals surface area contributed by atoms with Gasteiger partial charge in [-0.15, -0.1) is 13.2 Å². The number of hydrogen-bond acceptors (Lipinski definition) is 0. The lowest BCUT2D eigenvalue weighted by molar-refractivity contribution is 0.195. The summed E-state index contributed by atoms with van der Waals surface area (Å²) < 4.78 is 0. The van der Waals surface area contributed by atoms with Gasteiger partial charge in [-0.2, -0.15) is 0 Å². The second-order valence-electron chi connectivity index (χ2n) is 6.75. The Morgan fingerprint density at radius 1 is 1.05 bits per heavy atom. The molecule has 3 unspecified atom stereocenters. The lowest BCUT2D eigenvalue weighted by Crippen LogP contribution is -2.29. The van der Waals surface area contributed by atoms with E-state index in [-0.39, 0.29) is 5.41 Å². The average Bonchev–Trinajstić information content (AvgIpc) is 2.37. The first-order valence-electron chi connectivity index (χ1n) is 7.79. The van der Waals surface area contributed by atoms with Gasteiger partial charge in [-0.25, -0.2) is 0 Å². The maximum Gasteiger partial charge on any atom is -0.0110 e. The summed E-state index contributed by atoms with van der Waals surface area (Å²) in [6, 6.07) is 0. The molecule has 0 saturated carbocycles. The molecule has 0 aliphatic heterocycles. The first kappa shape index (κ1) is 19.0. The van der Waals surface area contributed by atoms with Crippen LogP contribution in [0.4, 0.5) is 0 Å². The Balaban J connectivity index is 5.13. The highest BCUT2D eigenvalue weighted by molar-refractivity contribution is 5.06. The molecular formula is C20H34. The van der Waals surface area contributed by atoms with E-state index in [0.29, 0.717) is 11.8 Å². The zero-order valence-electron chi connectivity index (χ0n) is 14.5. The SMILES string of the molecule is C=CC(C)C(CC=C(C)C)C(C)(C=C)CCC=C(C)C. The van der Waals surface area contributed by atoms with E-state index >= 15 is 0 Å². The Morgan fingerprint density at radius 2 is 1.60 bits per heavy atom. The summed E-state index contributed by atoms with van der Waals surface area (Å²) in [5.41, 5.74) is 2.95. The first-order chi connectivity index (χ1) is 9.26. The second kappa shape index (κ2) is 9.00. The maximum absolute atomic E-state index is 4.12. The molecule has 0 radical (unpaired) electrons. The fraction of sp³-hybridized carbons (Fsp3) is 0.600. The standard InChI is InChI=1S/C20H34/c1-9-18(7)19(14-13-17(5)6)20(8,10-2)15-11-12-16(3)4/h9-10,12-13,18-19H,1-2,11,14-15H2,3-8H3. The summed E-state index contributed by atoms with van der Waals surface area (Å²) in [6.45, 7) is 21.4. The Labute approximate surface area is 127 Å². The van der Waals surface area contributed by atoms with Crippen molar-refractivity contribution in [1.82, 2.24) is 0 Å². The molecule has 0 heteroatoms. The van der Waals surface area contributed by atoms with Crippen molar-refractivity contribution in [2.75, 3.05) is 0 Å². The van der Waals surface area contributed by atoms with Gasteiger partial charge in [-0.1, -0.05) is 49.3 Å². The molecule has 0 aromatic heterocycles. The largest absolute Gasteiger partial charge is 0.103 e. The van der Waals surface area contributed by atoms with Gasteiger partial charge in [0.2, 0.25) is 0 Å². The van der Waals surface area contributed by atoms with Crippen molar-refractivity contribution in [3.63, 3.8) is 0 Å². The van der Waals surface area contributed by atoms with Gasteiger partial charge in [0.1, 0.15) is 0 Å². The summed E-state index contributed by atoms with van der Waals surface area (Å²) in [5.74, 6) is 1.07. The fourth-order valence-electron chi connectivity index (χ4n) is 2.72. The molecule has 0 aromatic carbocycles. The Morgan fingerprint density at radius 3 is 2.00 bits per heavy atom. The molecule has 3 atom stereocenters. The van der Waals surface area contributed by atoms with Crippen LogP contribution in [0.1, 0.15) is 60.8 Å². The molecule has 20 heavy (non-hydrogen) atoms. The highest BCUT2D eigenvalue weighted by atomic mass is 14.4. The summed E-state index contributed by atoms with van der Waals surface area (Å²) in [7, 11) is 0. The zero-order chi connectivity index (χ0) is 15.8. The highest BCUT2D eigenvalue weighted by Gasteiger charge is 2.32. The van der Waals surface area contributed by atoms with Crippen LogP contribution in [0.2, 0.25) is 0 Å². The molecule has 0 rings (SSSR count). The second-order valence-corrected chi connectivity index (χ2v) is 6.75. The van der Waals surface area contributed by atoms with Crippen molar-refractivity contribution in [3.05, 3.63) is 48.6 Å². The van der Waals surface area contributed by atoms with E-state index in [1.165, 1.54) is 11.1 Å². The van der Waals surface area contributed by atoms with Crippen LogP contribution in [-0.4, -0.2) is 0 Å². The molecule has 0 aromatic rings. The van der Waals surface area contributed by atoms with Crippen molar-refractivity contribution in [1.29, 1.82) is 0 Å². The summed E-state index contributed by atoms with van der Waals surface area (Å²) in [5, 5.41) is 0. The van der Waals surface area contributed by atoms with Crippen LogP contribution in [0.25, 0.3) is 0 Å². The Bertz CT molecular complexity index is 361. The van der Waals surface area contributed by atoms with Crippen molar-refractivity contribution >= 4 is 0 Å². The number of rotatable bonds is 9. The molecule has 0 fully saturated rings. The van der Waals surface area contributed by atoms with E-state index in [1.54, 1.807) is 0 Å². The van der Waals surface area contributed by atoms with E-state index < -0.39 is 0 Å². The predicted octanol–water partition coefficient (Wildman–Crippen LogP) is 6.72. The van der Waals surface area contributed by atoms with E-state index in [0.717, 1.165) is 19.3 Å². The van der Waals surface area contributed by atoms with Crippen LogP contribution in [0.3, 0.4) is 0 Å². The minimum atomic E-state index is 0.158. The van der Waals surface area contributed by atoms with Crippen molar-refractivity contribution in [2.24, 2.45) is 17.3 Å². The molecule has 0 aliphatic rings. The predicted molar refractivity (Wildman–Crippen MR) is 93.9 cm³/mol. The molecule has 0 aliphatic carbocycles. The van der Waals surface area contributed by atoms with Crippen LogP contribution in [0.15, 0.2) is 48.6 Å². The minimum absolute atomic E-state index is 0.158. The molecule has 0 amide bonds. The van der Waals surface area contributed by atoms with Gasteiger partial charge in [0.25, 0.3) is 0 Å². The average molecular weight is 274 g/mol. The normalized spacial score (nSPS) is 16.5. The van der Waals surface area contributed by atoms with Crippen LogP contribution in [0.5, 0.6) is 0 Å². The van der Waals surface area contributed by atoms with Crippen LogP contribution >= 0.6 is 0 Å².